The number of hydrogen-bond donors (Lipinski definition) is 1. The van der Waals surface area contributed by atoms with E-state index in [0.29, 0.717) is 0 Å². The average molecular weight is 279 g/mol. The Morgan fingerprint density at radius 2 is 1.39 bits per heavy atom. The van der Waals surface area contributed by atoms with Gasteiger partial charge in [-0.1, -0.05) is 32.6 Å². The Balaban J connectivity index is -0.000000277. The lowest BCUT2D eigenvalue weighted by Gasteiger charge is -1.96. The van der Waals surface area contributed by atoms with Crippen LogP contribution in [0.15, 0.2) is 12.2 Å². The molecule has 0 fully saturated rings. The largest absolute Gasteiger partial charge is 0.348 e. The Morgan fingerprint density at radius 3 is 1.72 bits per heavy atom. The molecule has 0 radical (unpaired) electrons. The highest BCUT2D eigenvalue weighted by Crippen LogP contribution is 2.08. The van der Waals surface area contributed by atoms with Crippen molar-refractivity contribution in [3.63, 3.8) is 0 Å². The first-order valence-corrected chi connectivity index (χ1v) is 5.13. The third-order valence-electron chi connectivity index (χ3n) is 1.71. The van der Waals surface area contributed by atoms with Crippen molar-refractivity contribution in [2.75, 3.05) is 0 Å². The average Bonchev–Trinajstić information content (AvgIpc) is 2.29. The molecule has 0 aromatic rings. The molecule has 0 saturated carbocycles. The van der Waals surface area contributed by atoms with Gasteiger partial charge in [-0.15, -0.1) is 0 Å². The zero-order chi connectivity index (χ0) is 13.7. The highest BCUT2D eigenvalue weighted by molar-refractivity contribution is 5.68. The molecule has 0 unspecified atom stereocenters. The maximum atomic E-state index is 11.1. The summed E-state index contributed by atoms with van der Waals surface area (Å²) in [6, 6.07) is 0. The number of carbonyl (C=O) groups is 1. The van der Waals surface area contributed by atoms with E-state index in [9.17, 15) is 26.9 Å². The van der Waals surface area contributed by atoms with Crippen LogP contribution in [0.2, 0.25) is 0 Å². The summed E-state index contributed by atoms with van der Waals surface area (Å²) in [7, 11) is 0. The van der Waals surface area contributed by atoms with E-state index in [1.54, 1.807) is 0 Å². The quantitative estimate of drug-likeness (QED) is 0.554. The van der Waals surface area contributed by atoms with Crippen LogP contribution in [0, 0.1) is 0 Å². The van der Waals surface area contributed by atoms with Gasteiger partial charge in [0.05, 0.1) is 0 Å². The molecular formula is C10H18F5NO2. The molecule has 0 amide bonds. The van der Waals surface area contributed by atoms with Crippen LogP contribution in [0.5, 0.6) is 0 Å². The number of unbranched alkanes of at least 4 members (excludes halogenated alkanes) is 4. The minimum Gasteiger partial charge on any atom is -0.344 e. The molecule has 0 spiro atoms. The minimum atomic E-state index is -2.91. The molecule has 0 bridgehead atoms. The molecule has 0 heterocycles. The molecule has 0 atom stereocenters. The smallest absolute Gasteiger partial charge is 0.344 e. The molecule has 3 N–H and O–H groups in total. The van der Waals surface area contributed by atoms with Gasteiger partial charge < -0.3 is 6.15 Å². The van der Waals surface area contributed by atoms with E-state index in [1.807, 2.05) is 0 Å². The second-order valence-electron chi connectivity index (χ2n) is 3.13. The van der Waals surface area contributed by atoms with Gasteiger partial charge in [-0.05, 0) is 6.42 Å². The van der Waals surface area contributed by atoms with Gasteiger partial charge >= 0.3 is 18.1 Å². The summed E-state index contributed by atoms with van der Waals surface area (Å²) in [6.45, 7) is 2.12. The van der Waals surface area contributed by atoms with Crippen LogP contribution in [0.25, 0.3) is 0 Å². The van der Waals surface area contributed by atoms with Gasteiger partial charge in [-0.3, -0.25) is 4.94 Å². The second-order valence-corrected chi connectivity index (χ2v) is 3.13. The Bertz CT molecular complexity index is 218. The summed E-state index contributed by atoms with van der Waals surface area (Å²) in [5.74, 6) is -0.749. The van der Waals surface area contributed by atoms with Crippen LogP contribution >= 0.6 is 0 Å². The number of rotatable bonds is 6. The van der Waals surface area contributed by atoms with Crippen LogP contribution in [-0.4, -0.2) is 5.97 Å². The van der Waals surface area contributed by atoms with Gasteiger partial charge in [0.25, 0.3) is 0 Å². The molecule has 18 heavy (non-hydrogen) atoms. The van der Waals surface area contributed by atoms with Gasteiger partial charge in [-0.25, -0.2) is 4.79 Å². The van der Waals surface area contributed by atoms with Crippen molar-refractivity contribution < 1.29 is 31.8 Å². The topological polar surface area (TPSA) is 61.3 Å². The third kappa shape index (κ3) is 20.3. The highest BCUT2D eigenvalue weighted by Gasteiger charge is 2.01. The van der Waals surface area contributed by atoms with Crippen molar-refractivity contribution in [1.29, 1.82) is 0 Å². The molecule has 3 nitrogen and oxygen atoms in total. The minimum absolute atomic E-state index is 0. The summed E-state index contributed by atoms with van der Waals surface area (Å²) in [6.07, 6.45) is -0.398. The fourth-order valence-electron chi connectivity index (χ4n) is 0.911. The van der Waals surface area contributed by atoms with E-state index < -0.39 is 18.1 Å². The van der Waals surface area contributed by atoms with Crippen LogP contribution in [0.3, 0.4) is 0 Å². The van der Waals surface area contributed by atoms with E-state index >= 15 is 0 Å². The first kappa shape index (κ1) is 22.0. The molecule has 0 rings (SSSR count). The molecule has 8 heteroatoms. The number of carbonyl (C=O) groups excluding carboxylic acids is 1. The maximum absolute atomic E-state index is 11.1. The lowest BCUT2D eigenvalue weighted by molar-refractivity contribution is -0.183. The third-order valence-corrected chi connectivity index (χ3v) is 1.71. The van der Waals surface area contributed by atoms with Crippen LogP contribution in [0.1, 0.15) is 45.4 Å². The second kappa shape index (κ2) is 15.8. The first-order chi connectivity index (χ1) is 7.95. The standard InChI is InChI=1S/C8H15FO2.C2F4.H3N/c1-2-3-4-5-6-7-8(10)11-9;3-1(4)2(5)6;/h2-7H2,1H3;;1H3. The zero-order valence-electron chi connectivity index (χ0n) is 10.2. The van der Waals surface area contributed by atoms with Gasteiger partial charge in [0.2, 0.25) is 0 Å². The van der Waals surface area contributed by atoms with Crippen molar-refractivity contribution in [3.8, 4) is 0 Å². The van der Waals surface area contributed by atoms with Crippen molar-refractivity contribution in [2.24, 2.45) is 0 Å². The fourth-order valence-corrected chi connectivity index (χ4v) is 0.911. The number of halogens is 5. The van der Waals surface area contributed by atoms with E-state index in [-0.39, 0.29) is 12.6 Å². The lowest BCUT2D eigenvalue weighted by atomic mass is 10.1. The van der Waals surface area contributed by atoms with Crippen LogP contribution in [-0.2, 0) is 9.74 Å². The van der Waals surface area contributed by atoms with E-state index in [1.165, 1.54) is 12.8 Å². The lowest BCUT2D eigenvalue weighted by Crippen LogP contribution is -1.96. The maximum Gasteiger partial charge on any atom is 0.348 e. The summed E-state index contributed by atoms with van der Waals surface area (Å²) in [5.41, 5.74) is 0. The first-order valence-electron chi connectivity index (χ1n) is 5.13. The van der Waals surface area contributed by atoms with Crippen molar-refractivity contribution in [3.05, 3.63) is 12.2 Å². The summed E-state index contributed by atoms with van der Waals surface area (Å²) in [4.78, 5) is 13.3. The molecule has 0 aromatic heterocycles. The van der Waals surface area contributed by atoms with E-state index in [4.69, 9.17) is 0 Å². The Morgan fingerprint density at radius 1 is 0.944 bits per heavy atom. The Hall–Kier alpha value is -1.18. The van der Waals surface area contributed by atoms with Crippen LogP contribution < -0.4 is 6.15 Å². The van der Waals surface area contributed by atoms with Gasteiger partial charge in [-0.2, -0.15) is 17.6 Å². The molecule has 0 aromatic carbocycles. The molecule has 0 aliphatic carbocycles. The molecular weight excluding hydrogens is 261 g/mol. The predicted molar refractivity (Wildman–Crippen MR) is 57.1 cm³/mol. The van der Waals surface area contributed by atoms with E-state index in [0.717, 1.165) is 19.3 Å². The van der Waals surface area contributed by atoms with Crippen molar-refractivity contribution in [1.82, 2.24) is 6.15 Å². The van der Waals surface area contributed by atoms with Gasteiger partial charge in [0.15, 0.2) is 0 Å². The van der Waals surface area contributed by atoms with E-state index in [2.05, 4.69) is 11.9 Å². The summed E-state index contributed by atoms with van der Waals surface area (Å²) >= 11 is 0. The molecule has 0 aliphatic rings. The van der Waals surface area contributed by atoms with Crippen molar-refractivity contribution >= 4 is 5.97 Å². The molecule has 0 aliphatic heterocycles. The van der Waals surface area contributed by atoms with Crippen molar-refractivity contribution in [2.45, 2.75) is 45.4 Å². The Labute approximate surface area is 102 Å². The monoisotopic (exact) mass is 279 g/mol. The van der Waals surface area contributed by atoms with Gasteiger partial charge in [0, 0.05) is 10.9 Å². The normalized spacial score (nSPS) is 8.56. The SMILES string of the molecule is CCCCCCCC(=O)OF.FC(F)=C(F)F.N. The number of hydrogen-bond acceptors (Lipinski definition) is 3. The fraction of sp³-hybridized carbons (Fsp3) is 0.700. The summed E-state index contributed by atoms with van der Waals surface area (Å²) in [5, 5.41) is 0. The molecule has 110 valence electrons. The Kier molecular flexibility index (Phi) is 19.4. The zero-order valence-corrected chi connectivity index (χ0v) is 10.2. The van der Waals surface area contributed by atoms with Gasteiger partial charge in [0.1, 0.15) is 0 Å². The molecule has 0 saturated heterocycles. The predicted octanol–water partition coefficient (Wildman–Crippen LogP) is 4.93. The summed E-state index contributed by atoms with van der Waals surface area (Å²) < 4.78 is 52.3. The highest BCUT2D eigenvalue weighted by atomic mass is 19.3. The van der Waals surface area contributed by atoms with Crippen LogP contribution in [0.4, 0.5) is 22.1 Å².